The van der Waals surface area contributed by atoms with Crippen LogP contribution in [0, 0.1) is 20.8 Å². The van der Waals surface area contributed by atoms with Crippen LogP contribution in [0.5, 0.6) is 0 Å². The van der Waals surface area contributed by atoms with Gasteiger partial charge < -0.3 is 10.1 Å². The highest BCUT2D eigenvalue weighted by Gasteiger charge is 2.11. The number of hydrogen-bond acceptors (Lipinski definition) is 3. The minimum Gasteiger partial charge on any atom is -0.452 e. The highest BCUT2D eigenvalue weighted by molar-refractivity contribution is 5.89. The quantitative estimate of drug-likeness (QED) is 0.631. The summed E-state index contributed by atoms with van der Waals surface area (Å²) in [5.74, 6) is -0.868. The molecule has 0 bridgehead atoms. The predicted molar refractivity (Wildman–Crippen MR) is 104 cm³/mol. The molecule has 4 heteroatoms. The topological polar surface area (TPSA) is 55.4 Å². The average Bonchev–Trinajstić information content (AvgIpc) is 2.61. The molecule has 0 saturated heterocycles. The van der Waals surface area contributed by atoms with Crippen LogP contribution in [0.2, 0.25) is 0 Å². The Morgan fingerprint density at radius 1 is 1.04 bits per heavy atom. The third-order valence-electron chi connectivity index (χ3n) is 4.24. The number of carbonyl (C=O) groups is 2. The minimum atomic E-state index is -0.542. The zero-order valence-corrected chi connectivity index (χ0v) is 15.7. The Morgan fingerprint density at radius 2 is 1.73 bits per heavy atom. The second-order valence-electron chi connectivity index (χ2n) is 6.48. The van der Waals surface area contributed by atoms with Crippen molar-refractivity contribution >= 4 is 18.0 Å². The van der Waals surface area contributed by atoms with Crippen LogP contribution < -0.4 is 5.32 Å². The van der Waals surface area contributed by atoms with Crippen LogP contribution in [0.1, 0.15) is 40.8 Å². The number of carbonyl (C=O) groups excluding carboxylic acids is 2. The van der Waals surface area contributed by atoms with Crippen molar-refractivity contribution in [1.29, 1.82) is 0 Å². The number of esters is 1. The van der Waals surface area contributed by atoms with Crippen LogP contribution in [-0.2, 0) is 14.3 Å². The fraction of sp³-hybridized carbons (Fsp3) is 0.273. The monoisotopic (exact) mass is 351 g/mol. The van der Waals surface area contributed by atoms with Crippen molar-refractivity contribution in [3.05, 3.63) is 76.4 Å². The van der Waals surface area contributed by atoms with Crippen molar-refractivity contribution < 1.29 is 14.3 Å². The SMILES string of the molecule is Cc1ccc(/C=C/C(=O)OCC(=O)N[C@H](C)c2ccc(C)c(C)c2)cc1. The molecule has 0 unspecified atom stereocenters. The molecule has 0 saturated carbocycles. The molecule has 0 spiro atoms. The molecule has 0 radical (unpaired) electrons. The first-order chi connectivity index (χ1) is 12.3. The van der Waals surface area contributed by atoms with Gasteiger partial charge in [-0.05, 0) is 56.0 Å². The van der Waals surface area contributed by atoms with Gasteiger partial charge in [-0.25, -0.2) is 4.79 Å². The third-order valence-corrected chi connectivity index (χ3v) is 4.24. The van der Waals surface area contributed by atoms with E-state index in [2.05, 4.69) is 11.4 Å². The minimum absolute atomic E-state index is 0.149. The van der Waals surface area contributed by atoms with Crippen molar-refractivity contribution in [2.24, 2.45) is 0 Å². The van der Waals surface area contributed by atoms with Gasteiger partial charge in [0.1, 0.15) is 0 Å². The molecule has 0 fully saturated rings. The maximum atomic E-state index is 12.0. The maximum absolute atomic E-state index is 12.0. The molecular formula is C22H25NO3. The summed E-state index contributed by atoms with van der Waals surface area (Å²) in [6.45, 7) is 7.69. The highest BCUT2D eigenvalue weighted by Crippen LogP contribution is 2.16. The van der Waals surface area contributed by atoms with E-state index in [9.17, 15) is 9.59 Å². The molecule has 0 aliphatic heterocycles. The van der Waals surface area contributed by atoms with Crippen molar-refractivity contribution in [3.8, 4) is 0 Å². The summed E-state index contributed by atoms with van der Waals surface area (Å²) in [7, 11) is 0. The maximum Gasteiger partial charge on any atom is 0.331 e. The van der Waals surface area contributed by atoms with Crippen LogP contribution in [0.15, 0.2) is 48.5 Å². The van der Waals surface area contributed by atoms with E-state index in [1.54, 1.807) is 6.08 Å². The van der Waals surface area contributed by atoms with Crippen molar-refractivity contribution in [2.45, 2.75) is 33.7 Å². The third kappa shape index (κ3) is 5.88. The van der Waals surface area contributed by atoms with E-state index in [4.69, 9.17) is 4.74 Å². The van der Waals surface area contributed by atoms with Crippen molar-refractivity contribution in [1.82, 2.24) is 5.32 Å². The van der Waals surface area contributed by atoms with Gasteiger partial charge >= 0.3 is 5.97 Å². The molecule has 2 rings (SSSR count). The second kappa shape index (κ2) is 8.99. The number of nitrogens with one attached hydrogen (secondary N) is 1. The van der Waals surface area contributed by atoms with Gasteiger partial charge in [-0.3, -0.25) is 4.79 Å². The van der Waals surface area contributed by atoms with Crippen LogP contribution in [0.4, 0.5) is 0 Å². The van der Waals surface area contributed by atoms with Crippen LogP contribution >= 0.6 is 0 Å². The molecule has 4 nitrogen and oxygen atoms in total. The van der Waals surface area contributed by atoms with Gasteiger partial charge in [0.25, 0.3) is 5.91 Å². The van der Waals surface area contributed by atoms with Crippen LogP contribution in [-0.4, -0.2) is 18.5 Å². The van der Waals surface area contributed by atoms with Gasteiger partial charge in [0.05, 0.1) is 6.04 Å². The Kier molecular flexibility index (Phi) is 6.73. The van der Waals surface area contributed by atoms with E-state index in [-0.39, 0.29) is 18.6 Å². The Morgan fingerprint density at radius 3 is 2.38 bits per heavy atom. The number of rotatable bonds is 6. The van der Waals surface area contributed by atoms with Gasteiger partial charge in [0.15, 0.2) is 6.61 Å². The van der Waals surface area contributed by atoms with Gasteiger partial charge in [-0.15, -0.1) is 0 Å². The summed E-state index contributed by atoms with van der Waals surface area (Å²) in [6, 6.07) is 13.7. The first-order valence-electron chi connectivity index (χ1n) is 8.63. The lowest BCUT2D eigenvalue weighted by molar-refractivity contribution is -0.144. The number of amides is 1. The van der Waals surface area contributed by atoms with E-state index in [0.29, 0.717) is 0 Å². The van der Waals surface area contributed by atoms with Crippen LogP contribution in [0.3, 0.4) is 0 Å². The Balaban J connectivity index is 1.81. The summed E-state index contributed by atoms with van der Waals surface area (Å²) in [6.07, 6.45) is 2.99. The number of aryl methyl sites for hydroxylation is 3. The number of benzene rings is 2. The lowest BCUT2D eigenvalue weighted by Crippen LogP contribution is -2.31. The fourth-order valence-corrected chi connectivity index (χ4v) is 2.43. The standard InChI is InChI=1S/C22H25NO3/c1-15-5-8-19(9-6-15)10-12-22(25)26-14-21(24)23-18(4)20-11-7-16(2)17(3)13-20/h5-13,18H,14H2,1-4H3,(H,23,24)/b12-10+/t18-/m1/s1. The fourth-order valence-electron chi connectivity index (χ4n) is 2.43. The van der Waals surface area contributed by atoms with Gasteiger partial charge in [-0.1, -0.05) is 48.0 Å². The Hall–Kier alpha value is -2.88. The largest absolute Gasteiger partial charge is 0.452 e. The zero-order valence-electron chi connectivity index (χ0n) is 15.7. The lowest BCUT2D eigenvalue weighted by Gasteiger charge is -2.15. The Labute approximate surface area is 154 Å². The van der Waals surface area contributed by atoms with Gasteiger partial charge in [-0.2, -0.15) is 0 Å². The molecule has 0 aliphatic rings. The summed E-state index contributed by atoms with van der Waals surface area (Å²) in [4.78, 5) is 23.7. The van der Waals surface area contributed by atoms with Crippen molar-refractivity contribution in [3.63, 3.8) is 0 Å². The van der Waals surface area contributed by atoms with Crippen molar-refractivity contribution in [2.75, 3.05) is 6.61 Å². The highest BCUT2D eigenvalue weighted by atomic mass is 16.5. The first-order valence-corrected chi connectivity index (χ1v) is 8.63. The molecule has 26 heavy (non-hydrogen) atoms. The van der Waals surface area contributed by atoms with E-state index in [1.807, 2.05) is 64.1 Å². The molecule has 1 N–H and O–H groups in total. The normalized spacial score (nSPS) is 12.0. The van der Waals surface area contributed by atoms with Gasteiger partial charge in [0, 0.05) is 6.08 Å². The molecule has 2 aromatic carbocycles. The summed E-state index contributed by atoms with van der Waals surface area (Å²) < 4.78 is 4.99. The van der Waals surface area contributed by atoms with E-state index >= 15 is 0 Å². The molecular weight excluding hydrogens is 326 g/mol. The summed E-state index contributed by atoms with van der Waals surface area (Å²) in [5, 5.41) is 2.84. The van der Waals surface area contributed by atoms with E-state index in [0.717, 1.165) is 16.7 Å². The zero-order chi connectivity index (χ0) is 19.1. The molecule has 1 amide bonds. The predicted octanol–water partition coefficient (Wildman–Crippen LogP) is 4.05. The van der Waals surface area contributed by atoms with Crippen LogP contribution in [0.25, 0.3) is 6.08 Å². The summed E-state index contributed by atoms with van der Waals surface area (Å²) in [5.41, 5.74) is 5.46. The van der Waals surface area contributed by atoms with E-state index in [1.165, 1.54) is 17.2 Å². The molecule has 1 atom stereocenters. The molecule has 2 aromatic rings. The average molecular weight is 351 g/mol. The second-order valence-corrected chi connectivity index (χ2v) is 6.48. The molecule has 0 heterocycles. The smallest absolute Gasteiger partial charge is 0.331 e. The molecule has 0 aliphatic carbocycles. The molecule has 136 valence electrons. The Bertz CT molecular complexity index is 807. The first kappa shape index (κ1) is 19.4. The number of ether oxygens (including phenoxy) is 1. The summed E-state index contributed by atoms with van der Waals surface area (Å²) >= 11 is 0. The van der Waals surface area contributed by atoms with E-state index < -0.39 is 5.97 Å². The van der Waals surface area contributed by atoms with Gasteiger partial charge in [0.2, 0.25) is 0 Å². The molecule has 0 aromatic heterocycles. The number of hydrogen-bond donors (Lipinski definition) is 1. The lowest BCUT2D eigenvalue weighted by atomic mass is 10.0.